The highest BCUT2D eigenvalue weighted by Gasteiger charge is 2.22. The third-order valence-electron chi connectivity index (χ3n) is 2.71. The molecule has 1 unspecified atom stereocenters. The fourth-order valence-electron chi connectivity index (χ4n) is 2.04. The SMILES string of the molecule is COCc1cccc2c1CC(C)NC2=O. The van der Waals surface area contributed by atoms with E-state index in [0.717, 1.165) is 23.1 Å². The summed E-state index contributed by atoms with van der Waals surface area (Å²) < 4.78 is 5.13. The highest BCUT2D eigenvalue weighted by molar-refractivity contribution is 5.97. The van der Waals surface area contributed by atoms with Crippen LogP contribution >= 0.6 is 0 Å². The number of hydrogen-bond acceptors (Lipinski definition) is 2. The first-order valence-electron chi connectivity index (χ1n) is 5.13. The lowest BCUT2D eigenvalue weighted by molar-refractivity contribution is 0.0928. The Bertz CT molecular complexity index is 387. The number of nitrogens with one attached hydrogen (secondary N) is 1. The van der Waals surface area contributed by atoms with Crippen molar-refractivity contribution in [3.8, 4) is 0 Å². The monoisotopic (exact) mass is 205 g/mol. The Kier molecular flexibility index (Phi) is 2.73. The van der Waals surface area contributed by atoms with E-state index >= 15 is 0 Å². The molecule has 0 saturated carbocycles. The van der Waals surface area contributed by atoms with Crippen LogP contribution in [-0.4, -0.2) is 19.1 Å². The maximum absolute atomic E-state index is 11.7. The zero-order valence-electron chi connectivity index (χ0n) is 9.04. The van der Waals surface area contributed by atoms with Crippen LogP contribution in [0, 0.1) is 0 Å². The predicted octanol–water partition coefficient (Wildman–Crippen LogP) is 1.51. The molecule has 0 radical (unpaired) electrons. The van der Waals surface area contributed by atoms with Gasteiger partial charge in [-0.2, -0.15) is 0 Å². The molecule has 1 aromatic carbocycles. The van der Waals surface area contributed by atoms with Gasteiger partial charge in [-0.25, -0.2) is 0 Å². The summed E-state index contributed by atoms with van der Waals surface area (Å²) in [4.78, 5) is 11.7. The molecule has 1 heterocycles. The average molecular weight is 205 g/mol. The van der Waals surface area contributed by atoms with Gasteiger partial charge in [0.1, 0.15) is 0 Å². The number of methoxy groups -OCH3 is 1. The van der Waals surface area contributed by atoms with Crippen molar-refractivity contribution in [3.05, 3.63) is 34.9 Å². The molecule has 0 aromatic heterocycles. The van der Waals surface area contributed by atoms with Crippen molar-refractivity contribution >= 4 is 5.91 Å². The second-order valence-electron chi connectivity index (χ2n) is 3.95. The van der Waals surface area contributed by atoms with Gasteiger partial charge < -0.3 is 10.1 Å². The molecule has 1 aliphatic rings. The maximum atomic E-state index is 11.7. The maximum Gasteiger partial charge on any atom is 0.251 e. The van der Waals surface area contributed by atoms with Gasteiger partial charge in [0.15, 0.2) is 0 Å². The minimum absolute atomic E-state index is 0.0294. The Hall–Kier alpha value is -1.35. The van der Waals surface area contributed by atoms with E-state index in [1.807, 2.05) is 25.1 Å². The van der Waals surface area contributed by atoms with Gasteiger partial charge in [-0.15, -0.1) is 0 Å². The molecule has 1 aliphatic heterocycles. The molecule has 0 aliphatic carbocycles. The molecule has 0 fully saturated rings. The zero-order chi connectivity index (χ0) is 10.8. The van der Waals surface area contributed by atoms with Crippen molar-refractivity contribution in [2.24, 2.45) is 0 Å². The molecule has 15 heavy (non-hydrogen) atoms. The standard InChI is InChI=1S/C12H15NO2/c1-8-6-11-9(7-15-2)4-3-5-10(11)12(14)13-8/h3-5,8H,6-7H2,1-2H3,(H,13,14). The average Bonchev–Trinajstić information content (AvgIpc) is 2.19. The molecule has 2 rings (SSSR count). The molecule has 1 atom stereocenters. The third-order valence-corrected chi connectivity index (χ3v) is 2.71. The van der Waals surface area contributed by atoms with E-state index in [4.69, 9.17) is 4.74 Å². The summed E-state index contributed by atoms with van der Waals surface area (Å²) in [6.07, 6.45) is 0.889. The van der Waals surface area contributed by atoms with Gasteiger partial charge in [0.2, 0.25) is 0 Å². The number of carbonyl (C=O) groups is 1. The summed E-state index contributed by atoms with van der Waals surface area (Å²) in [5.41, 5.74) is 3.05. The van der Waals surface area contributed by atoms with Crippen molar-refractivity contribution in [2.45, 2.75) is 26.0 Å². The Labute approximate surface area is 89.4 Å². The highest BCUT2D eigenvalue weighted by atomic mass is 16.5. The Morgan fingerprint density at radius 2 is 2.33 bits per heavy atom. The topological polar surface area (TPSA) is 38.3 Å². The number of ether oxygens (including phenoxy) is 1. The highest BCUT2D eigenvalue weighted by Crippen LogP contribution is 2.21. The van der Waals surface area contributed by atoms with E-state index in [9.17, 15) is 4.79 Å². The minimum Gasteiger partial charge on any atom is -0.380 e. The zero-order valence-corrected chi connectivity index (χ0v) is 9.04. The fourth-order valence-corrected chi connectivity index (χ4v) is 2.04. The first-order valence-corrected chi connectivity index (χ1v) is 5.13. The Morgan fingerprint density at radius 3 is 3.07 bits per heavy atom. The second-order valence-corrected chi connectivity index (χ2v) is 3.95. The molecule has 1 N–H and O–H groups in total. The summed E-state index contributed by atoms with van der Waals surface area (Å²) >= 11 is 0. The summed E-state index contributed by atoms with van der Waals surface area (Å²) in [5, 5.41) is 2.92. The largest absolute Gasteiger partial charge is 0.380 e. The van der Waals surface area contributed by atoms with Crippen molar-refractivity contribution in [2.75, 3.05) is 7.11 Å². The predicted molar refractivity (Wildman–Crippen MR) is 57.8 cm³/mol. The lowest BCUT2D eigenvalue weighted by atomic mass is 9.92. The first-order chi connectivity index (χ1) is 7.22. The van der Waals surface area contributed by atoms with Gasteiger partial charge in [0.05, 0.1) is 6.61 Å². The summed E-state index contributed by atoms with van der Waals surface area (Å²) in [6.45, 7) is 2.59. The van der Waals surface area contributed by atoms with Gasteiger partial charge in [-0.1, -0.05) is 12.1 Å². The van der Waals surface area contributed by atoms with Crippen molar-refractivity contribution in [1.29, 1.82) is 0 Å². The van der Waals surface area contributed by atoms with Crippen molar-refractivity contribution in [3.63, 3.8) is 0 Å². The quantitative estimate of drug-likeness (QED) is 0.794. The van der Waals surface area contributed by atoms with E-state index in [1.165, 1.54) is 0 Å². The third kappa shape index (κ3) is 1.88. The van der Waals surface area contributed by atoms with Crippen molar-refractivity contribution in [1.82, 2.24) is 5.32 Å². The smallest absolute Gasteiger partial charge is 0.251 e. The Morgan fingerprint density at radius 1 is 1.53 bits per heavy atom. The summed E-state index contributed by atoms with van der Waals surface area (Å²) in [5.74, 6) is 0.0294. The molecule has 3 nitrogen and oxygen atoms in total. The lowest BCUT2D eigenvalue weighted by Crippen LogP contribution is -2.39. The number of fused-ring (bicyclic) bond motifs is 1. The van der Waals surface area contributed by atoms with E-state index in [-0.39, 0.29) is 11.9 Å². The van der Waals surface area contributed by atoms with Gasteiger partial charge in [0.25, 0.3) is 5.91 Å². The van der Waals surface area contributed by atoms with Gasteiger partial charge >= 0.3 is 0 Å². The molecule has 80 valence electrons. The molecule has 3 heteroatoms. The number of rotatable bonds is 2. The van der Waals surface area contributed by atoms with E-state index in [1.54, 1.807) is 7.11 Å². The molecular formula is C12H15NO2. The number of benzene rings is 1. The van der Waals surface area contributed by atoms with Crippen LogP contribution in [0.3, 0.4) is 0 Å². The number of carbonyl (C=O) groups excluding carboxylic acids is 1. The van der Waals surface area contributed by atoms with Gasteiger partial charge in [-0.3, -0.25) is 4.79 Å². The van der Waals surface area contributed by atoms with E-state index in [2.05, 4.69) is 5.32 Å². The van der Waals surface area contributed by atoms with Crippen LogP contribution in [0.15, 0.2) is 18.2 Å². The Balaban J connectivity index is 2.44. The molecule has 0 spiro atoms. The van der Waals surface area contributed by atoms with Crippen LogP contribution in [0.25, 0.3) is 0 Å². The number of amides is 1. The van der Waals surface area contributed by atoms with Crippen LogP contribution in [0.1, 0.15) is 28.4 Å². The summed E-state index contributed by atoms with van der Waals surface area (Å²) in [7, 11) is 1.67. The van der Waals surface area contributed by atoms with Crippen LogP contribution < -0.4 is 5.32 Å². The first kappa shape index (κ1) is 10.2. The van der Waals surface area contributed by atoms with E-state index in [0.29, 0.717) is 6.61 Å². The van der Waals surface area contributed by atoms with Crippen LogP contribution in [-0.2, 0) is 17.8 Å². The molecule has 1 aromatic rings. The lowest BCUT2D eigenvalue weighted by Gasteiger charge is -2.24. The van der Waals surface area contributed by atoms with E-state index < -0.39 is 0 Å². The fraction of sp³-hybridized carbons (Fsp3) is 0.417. The molecule has 0 saturated heterocycles. The second kappa shape index (κ2) is 4.03. The van der Waals surface area contributed by atoms with Crippen LogP contribution in [0.2, 0.25) is 0 Å². The normalized spacial score (nSPS) is 19.6. The summed E-state index contributed by atoms with van der Waals surface area (Å²) in [6, 6.07) is 6.01. The number of hydrogen-bond donors (Lipinski definition) is 1. The van der Waals surface area contributed by atoms with Crippen LogP contribution in [0.5, 0.6) is 0 Å². The molecule has 0 bridgehead atoms. The molecule has 1 amide bonds. The van der Waals surface area contributed by atoms with Gasteiger partial charge in [-0.05, 0) is 30.5 Å². The minimum atomic E-state index is 0.0294. The van der Waals surface area contributed by atoms with Gasteiger partial charge in [0, 0.05) is 18.7 Å². The van der Waals surface area contributed by atoms with Crippen molar-refractivity contribution < 1.29 is 9.53 Å². The molecular weight excluding hydrogens is 190 g/mol. The van der Waals surface area contributed by atoms with Crippen LogP contribution in [0.4, 0.5) is 0 Å².